The number of fused-ring (bicyclic) bond motifs is 1. The number of aromatic nitrogens is 4. The fraction of sp³-hybridized carbons (Fsp3) is 0.100. The zero-order valence-electron chi connectivity index (χ0n) is 15.3. The van der Waals surface area contributed by atoms with E-state index < -0.39 is 0 Å². The number of H-pyrrole nitrogens is 2. The number of ether oxygens (including phenoxy) is 1. The molecule has 0 unspecified atom stereocenters. The van der Waals surface area contributed by atoms with Crippen molar-refractivity contribution in [2.45, 2.75) is 11.8 Å². The number of thioether (sulfide) groups is 1. The maximum absolute atomic E-state index is 11.9. The summed E-state index contributed by atoms with van der Waals surface area (Å²) < 4.78 is 5.23. The molecule has 0 saturated carbocycles. The van der Waals surface area contributed by atoms with Crippen molar-refractivity contribution in [1.82, 2.24) is 20.2 Å². The molecule has 0 saturated heterocycles. The second kappa shape index (κ2) is 9.07. The van der Waals surface area contributed by atoms with Gasteiger partial charge in [-0.2, -0.15) is 10.1 Å². The predicted molar refractivity (Wildman–Crippen MR) is 113 cm³/mol. The molecule has 4 aromatic rings. The zero-order chi connectivity index (χ0) is 19.9. The topological polar surface area (TPSA) is 108 Å². The average Bonchev–Trinajstić information content (AvgIpc) is 3.39. The van der Waals surface area contributed by atoms with E-state index in [1.54, 1.807) is 6.21 Å². The van der Waals surface area contributed by atoms with E-state index >= 15 is 0 Å². The molecule has 0 radical (unpaired) electrons. The molecule has 3 N–H and O–H groups in total. The number of para-hydroxylation sites is 1. The summed E-state index contributed by atoms with van der Waals surface area (Å²) in [6, 6.07) is 17.5. The number of benzene rings is 2. The normalized spacial score (nSPS) is 11.2. The minimum Gasteiger partial charge on any atom is -0.460 e. The number of carbonyl (C=O) groups is 1. The first-order valence-electron chi connectivity index (χ1n) is 8.88. The van der Waals surface area contributed by atoms with Crippen LogP contribution in [0.2, 0.25) is 0 Å². The maximum atomic E-state index is 11.9. The molecule has 2 aromatic heterocycles. The number of nitrogens with one attached hydrogen (secondary N) is 3. The van der Waals surface area contributed by atoms with Crippen molar-refractivity contribution in [3.05, 3.63) is 71.9 Å². The Kier molecular flexibility index (Phi) is 5.87. The molecule has 0 aliphatic rings. The van der Waals surface area contributed by atoms with Gasteiger partial charge in [-0.25, -0.2) is 10.5 Å². The minimum atomic E-state index is -0.324. The number of anilines is 1. The van der Waals surface area contributed by atoms with Crippen LogP contribution in [0.25, 0.3) is 10.9 Å². The van der Waals surface area contributed by atoms with Crippen molar-refractivity contribution < 1.29 is 9.53 Å². The maximum Gasteiger partial charge on any atom is 0.316 e. The summed E-state index contributed by atoms with van der Waals surface area (Å²) in [4.78, 5) is 19.3. The largest absolute Gasteiger partial charge is 0.460 e. The highest BCUT2D eigenvalue weighted by molar-refractivity contribution is 7.99. The molecule has 9 heteroatoms. The molecule has 0 aliphatic heterocycles. The summed E-state index contributed by atoms with van der Waals surface area (Å²) in [5.41, 5.74) is 5.76. The molecular formula is C20H18N6O2S. The van der Waals surface area contributed by atoms with Gasteiger partial charge in [0, 0.05) is 22.7 Å². The lowest BCUT2D eigenvalue weighted by atomic mass is 10.2. The van der Waals surface area contributed by atoms with Gasteiger partial charge in [0.1, 0.15) is 6.61 Å². The Hall–Kier alpha value is -3.59. The fourth-order valence-corrected chi connectivity index (χ4v) is 3.22. The molecule has 0 aliphatic carbocycles. The average molecular weight is 406 g/mol. The van der Waals surface area contributed by atoms with Gasteiger partial charge in [0.15, 0.2) is 0 Å². The number of esters is 1. The molecule has 29 heavy (non-hydrogen) atoms. The summed E-state index contributed by atoms with van der Waals surface area (Å²) in [7, 11) is 0. The quantitative estimate of drug-likeness (QED) is 0.179. The lowest BCUT2D eigenvalue weighted by Crippen LogP contribution is -2.07. The first kappa shape index (κ1) is 18.8. The SMILES string of the molecule is O=C(CSc1n[nH]c(N/N=C/c2c[nH]c3ccccc23)n1)OCc1ccccc1. The second-order valence-electron chi connectivity index (χ2n) is 6.06. The molecule has 2 heterocycles. The summed E-state index contributed by atoms with van der Waals surface area (Å²) in [5.74, 6) is 0.194. The number of aromatic amines is 2. The van der Waals surface area contributed by atoms with Crippen LogP contribution in [0.1, 0.15) is 11.1 Å². The third-order valence-electron chi connectivity index (χ3n) is 4.02. The van der Waals surface area contributed by atoms with Gasteiger partial charge < -0.3 is 9.72 Å². The summed E-state index contributed by atoms with van der Waals surface area (Å²) in [6.45, 7) is 0.254. The molecular weight excluding hydrogens is 388 g/mol. The fourth-order valence-electron chi connectivity index (χ4n) is 2.63. The van der Waals surface area contributed by atoms with Crippen LogP contribution in [0.3, 0.4) is 0 Å². The highest BCUT2D eigenvalue weighted by Crippen LogP contribution is 2.17. The zero-order valence-corrected chi connectivity index (χ0v) is 16.1. The van der Waals surface area contributed by atoms with E-state index in [1.165, 1.54) is 11.8 Å². The first-order valence-corrected chi connectivity index (χ1v) is 9.86. The predicted octanol–water partition coefficient (Wildman–Crippen LogP) is 3.57. The lowest BCUT2D eigenvalue weighted by molar-refractivity contribution is -0.141. The number of rotatable bonds is 8. The van der Waals surface area contributed by atoms with Crippen molar-refractivity contribution in [3.8, 4) is 0 Å². The van der Waals surface area contributed by atoms with E-state index in [-0.39, 0.29) is 18.3 Å². The number of nitrogens with zero attached hydrogens (tertiary/aromatic N) is 3. The summed E-state index contributed by atoms with van der Waals surface area (Å²) >= 11 is 1.19. The molecule has 8 nitrogen and oxygen atoms in total. The van der Waals surface area contributed by atoms with Crippen LogP contribution in [0.5, 0.6) is 0 Å². The number of hydrazone groups is 1. The smallest absolute Gasteiger partial charge is 0.316 e. The Balaban J connectivity index is 1.24. The van der Waals surface area contributed by atoms with Gasteiger partial charge >= 0.3 is 5.97 Å². The van der Waals surface area contributed by atoms with Crippen LogP contribution >= 0.6 is 11.8 Å². The van der Waals surface area contributed by atoms with Gasteiger partial charge in [-0.1, -0.05) is 60.3 Å². The van der Waals surface area contributed by atoms with Crippen LogP contribution in [0.4, 0.5) is 5.95 Å². The highest BCUT2D eigenvalue weighted by atomic mass is 32.2. The summed E-state index contributed by atoms with van der Waals surface area (Å²) in [6.07, 6.45) is 3.59. The van der Waals surface area contributed by atoms with Gasteiger partial charge in [-0.05, 0) is 11.6 Å². The Labute approximate surface area is 170 Å². The van der Waals surface area contributed by atoms with Crippen molar-refractivity contribution in [2.24, 2.45) is 5.10 Å². The molecule has 146 valence electrons. The standard InChI is InChI=1S/C20H18N6O2S/c27-18(28-12-14-6-2-1-3-7-14)13-29-20-23-19(25-26-20)24-22-11-15-10-21-17-9-5-4-8-16(15)17/h1-11,21H,12-13H2,(H2,23,24,25,26)/b22-11+. The van der Waals surface area contributed by atoms with E-state index in [2.05, 4.69) is 30.7 Å². The number of hydrogen-bond acceptors (Lipinski definition) is 7. The van der Waals surface area contributed by atoms with E-state index in [9.17, 15) is 4.79 Å². The number of hydrogen-bond donors (Lipinski definition) is 3. The molecule has 0 amide bonds. The van der Waals surface area contributed by atoms with Crippen LogP contribution in [0.15, 0.2) is 71.1 Å². The van der Waals surface area contributed by atoms with Gasteiger partial charge in [0.25, 0.3) is 0 Å². The van der Waals surface area contributed by atoms with Crippen LogP contribution in [-0.2, 0) is 16.1 Å². The third kappa shape index (κ3) is 5.02. The van der Waals surface area contributed by atoms with Crippen LogP contribution in [-0.4, -0.2) is 38.1 Å². The van der Waals surface area contributed by atoms with Crippen LogP contribution < -0.4 is 5.43 Å². The van der Waals surface area contributed by atoms with Crippen molar-refractivity contribution in [1.29, 1.82) is 0 Å². The van der Waals surface area contributed by atoms with Gasteiger partial charge in [0.05, 0.1) is 12.0 Å². The monoisotopic (exact) mass is 406 g/mol. The Bertz CT molecular complexity index is 1120. The van der Waals surface area contributed by atoms with E-state index in [0.29, 0.717) is 11.1 Å². The van der Waals surface area contributed by atoms with Gasteiger partial charge in [-0.15, -0.1) is 5.10 Å². The van der Waals surface area contributed by atoms with Crippen molar-refractivity contribution >= 4 is 40.8 Å². The van der Waals surface area contributed by atoms with E-state index in [4.69, 9.17) is 4.74 Å². The Morgan fingerprint density at radius 1 is 1.17 bits per heavy atom. The number of carbonyl (C=O) groups excluding carboxylic acids is 1. The molecule has 0 spiro atoms. The molecule has 0 atom stereocenters. The van der Waals surface area contributed by atoms with Crippen LogP contribution in [0, 0.1) is 0 Å². The van der Waals surface area contributed by atoms with Gasteiger partial charge in [-0.3, -0.25) is 4.79 Å². The second-order valence-corrected chi connectivity index (χ2v) is 7.00. The summed E-state index contributed by atoms with van der Waals surface area (Å²) in [5, 5.41) is 12.5. The van der Waals surface area contributed by atoms with E-state index in [1.807, 2.05) is 60.8 Å². The third-order valence-corrected chi connectivity index (χ3v) is 4.84. The molecule has 4 rings (SSSR count). The van der Waals surface area contributed by atoms with Gasteiger partial charge in [0.2, 0.25) is 11.1 Å². The van der Waals surface area contributed by atoms with Crippen molar-refractivity contribution in [3.63, 3.8) is 0 Å². The minimum absolute atomic E-state index is 0.128. The molecule has 0 fully saturated rings. The van der Waals surface area contributed by atoms with Crippen molar-refractivity contribution in [2.75, 3.05) is 11.2 Å². The first-order chi connectivity index (χ1) is 14.3. The lowest BCUT2D eigenvalue weighted by Gasteiger charge is -2.03. The molecule has 2 aromatic carbocycles. The Morgan fingerprint density at radius 3 is 2.90 bits per heavy atom. The Morgan fingerprint density at radius 2 is 2.00 bits per heavy atom. The molecule has 0 bridgehead atoms. The highest BCUT2D eigenvalue weighted by Gasteiger charge is 2.09. The van der Waals surface area contributed by atoms with E-state index in [0.717, 1.165) is 22.0 Å².